The summed E-state index contributed by atoms with van der Waals surface area (Å²) in [5.74, 6) is -4.60. The standard InChI is InChI=1S/C33H33FN4O6/c1-3-24-26(18-22-6-4-5-7-25(22)21-8-10-23(34)11-9-21)38-19-20(2)36-32(29(38)28(24)30(40)31(35)41)44-33(42)27(39)12-13-37-14-16-43-17-15-37/h4-11,19H,3,12-18H2,1-2H3,(H2,35,41). The zero-order valence-electron chi connectivity index (χ0n) is 24.6. The highest BCUT2D eigenvalue weighted by Crippen LogP contribution is 2.34. The van der Waals surface area contributed by atoms with Crippen molar-refractivity contribution in [1.82, 2.24) is 14.3 Å². The monoisotopic (exact) mass is 600 g/mol. The minimum atomic E-state index is -1.18. The van der Waals surface area contributed by atoms with Gasteiger partial charge in [0, 0.05) is 44.4 Å². The number of carbonyl (C=O) groups is 4. The Morgan fingerprint density at radius 1 is 1.05 bits per heavy atom. The maximum absolute atomic E-state index is 13.7. The number of hydrogen-bond donors (Lipinski definition) is 1. The fourth-order valence-electron chi connectivity index (χ4n) is 5.58. The number of Topliss-reactive ketones (excluding diaryl/α,β-unsaturated/α-hetero) is 2. The summed E-state index contributed by atoms with van der Waals surface area (Å²) in [7, 11) is 0. The summed E-state index contributed by atoms with van der Waals surface area (Å²) in [6.07, 6.45) is 2.27. The van der Waals surface area contributed by atoms with Gasteiger partial charge in [-0.1, -0.05) is 43.3 Å². The molecule has 0 saturated carbocycles. The van der Waals surface area contributed by atoms with Gasteiger partial charge in [-0.15, -0.1) is 0 Å². The predicted octanol–water partition coefficient (Wildman–Crippen LogP) is 3.47. The molecule has 0 atom stereocenters. The average Bonchev–Trinajstić information content (AvgIpc) is 3.33. The van der Waals surface area contributed by atoms with Crippen molar-refractivity contribution in [3.05, 3.63) is 88.6 Å². The van der Waals surface area contributed by atoms with E-state index in [1.54, 1.807) is 29.7 Å². The molecule has 5 rings (SSSR count). The van der Waals surface area contributed by atoms with Crippen LogP contribution in [0, 0.1) is 12.7 Å². The number of nitrogens with two attached hydrogens (primary N) is 1. The quantitative estimate of drug-likeness (QED) is 0.157. The molecule has 3 heterocycles. The number of aromatic nitrogens is 2. The Kier molecular flexibility index (Phi) is 9.26. The first-order valence-electron chi connectivity index (χ1n) is 14.4. The number of fused-ring (bicyclic) bond motifs is 1. The molecule has 11 heteroatoms. The predicted molar refractivity (Wildman–Crippen MR) is 160 cm³/mol. The van der Waals surface area contributed by atoms with Crippen molar-refractivity contribution in [1.29, 1.82) is 0 Å². The van der Waals surface area contributed by atoms with E-state index in [1.807, 2.05) is 36.1 Å². The average molecular weight is 601 g/mol. The number of benzene rings is 2. The Morgan fingerprint density at radius 2 is 1.75 bits per heavy atom. The van der Waals surface area contributed by atoms with Gasteiger partial charge in [0.15, 0.2) is 0 Å². The number of carbonyl (C=O) groups excluding carboxylic acids is 4. The number of ether oxygens (including phenoxy) is 2. The van der Waals surface area contributed by atoms with E-state index in [0.717, 1.165) is 16.7 Å². The minimum Gasteiger partial charge on any atom is -0.399 e. The van der Waals surface area contributed by atoms with E-state index in [2.05, 4.69) is 4.98 Å². The number of halogens is 1. The minimum absolute atomic E-state index is 0.0228. The van der Waals surface area contributed by atoms with Crippen LogP contribution >= 0.6 is 0 Å². The number of rotatable bonds is 11. The molecule has 0 aliphatic carbocycles. The van der Waals surface area contributed by atoms with E-state index < -0.39 is 23.4 Å². The highest BCUT2D eigenvalue weighted by Gasteiger charge is 2.31. The van der Waals surface area contributed by atoms with Crippen LogP contribution in [0.4, 0.5) is 4.39 Å². The van der Waals surface area contributed by atoms with E-state index >= 15 is 0 Å². The summed E-state index contributed by atoms with van der Waals surface area (Å²) in [6, 6.07) is 13.8. The van der Waals surface area contributed by atoms with Crippen LogP contribution in [0.5, 0.6) is 5.88 Å². The van der Waals surface area contributed by atoms with Crippen LogP contribution in [0.2, 0.25) is 0 Å². The third kappa shape index (κ3) is 6.43. The van der Waals surface area contributed by atoms with Gasteiger partial charge in [-0.05, 0) is 47.7 Å². The SMILES string of the molecule is CCc1c(C(=O)C(N)=O)c2c(OC(=O)C(=O)CCN3CCOCC3)nc(C)cn2c1Cc1ccccc1-c1ccc(F)cc1. The second-order valence-electron chi connectivity index (χ2n) is 10.6. The first-order chi connectivity index (χ1) is 21.2. The van der Waals surface area contributed by atoms with Gasteiger partial charge >= 0.3 is 5.97 Å². The Balaban J connectivity index is 1.57. The second kappa shape index (κ2) is 13.3. The van der Waals surface area contributed by atoms with E-state index in [0.29, 0.717) is 62.6 Å². The van der Waals surface area contributed by atoms with Crippen LogP contribution in [0.15, 0.2) is 54.7 Å². The number of hydrogen-bond acceptors (Lipinski definition) is 8. The van der Waals surface area contributed by atoms with Crippen molar-refractivity contribution >= 4 is 29.0 Å². The number of nitrogens with zero attached hydrogens (tertiary/aromatic N) is 3. The van der Waals surface area contributed by atoms with Crippen LogP contribution < -0.4 is 10.5 Å². The van der Waals surface area contributed by atoms with Crippen molar-refractivity contribution in [2.45, 2.75) is 33.1 Å². The molecule has 2 aromatic carbocycles. The first kappa shape index (κ1) is 30.7. The lowest BCUT2D eigenvalue weighted by Gasteiger charge is -2.25. The Bertz CT molecular complexity index is 1740. The largest absolute Gasteiger partial charge is 0.399 e. The van der Waals surface area contributed by atoms with Gasteiger partial charge in [0.25, 0.3) is 11.7 Å². The molecule has 4 aromatic rings. The molecule has 10 nitrogen and oxygen atoms in total. The van der Waals surface area contributed by atoms with E-state index in [4.69, 9.17) is 15.2 Å². The fraction of sp³-hybridized carbons (Fsp3) is 0.303. The maximum Gasteiger partial charge on any atom is 0.381 e. The molecule has 44 heavy (non-hydrogen) atoms. The fourth-order valence-corrected chi connectivity index (χ4v) is 5.58. The molecule has 228 valence electrons. The summed E-state index contributed by atoms with van der Waals surface area (Å²) < 4.78 is 26.2. The van der Waals surface area contributed by atoms with Crippen LogP contribution in [-0.4, -0.2) is 70.6 Å². The van der Waals surface area contributed by atoms with E-state index in [1.165, 1.54) is 12.1 Å². The molecule has 1 fully saturated rings. The van der Waals surface area contributed by atoms with Crippen LogP contribution in [0.3, 0.4) is 0 Å². The lowest BCUT2D eigenvalue weighted by molar-refractivity contribution is -0.147. The Hall–Kier alpha value is -4.74. The normalized spacial score (nSPS) is 13.6. The number of ketones is 2. The molecule has 2 aromatic heterocycles. The van der Waals surface area contributed by atoms with E-state index in [-0.39, 0.29) is 29.2 Å². The van der Waals surface area contributed by atoms with Crippen molar-refractivity contribution < 1.29 is 33.0 Å². The molecular weight excluding hydrogens is 567 g/mol. The number of esters is 1. The molecule has 1 aliphatic heterocycles. The summed E-state index contributed by atoms with van der Waals surface area (Å²) in [4.78, 5) is 57.6. The van der Waals surface area contributed by atoms with Crippen molar-refractivity contribution in [3.63, 3.8) is 0 Å². The molecule has 2 N–H and O–H groups in total. The molecule has 0 bridgehead atoms. The lowest BCUT2D eigenvalue weighted by atomic mass is 9.94. The van der Waals surface area contributed by atoms with Gasteiger partial charge in [0.05, 0.1) is 24.5 Å². The number of morpholine rings is 1. The van der Waals surface area contributed by atoms with Gasteiger partial charge in [0.1, 0.15) is 11.3 Å². The molecule has 0 radical (unpaired) electrons. The van der Waals surface area contributed by atoms with Gasteiger partial charge in [0.2, 0.25) is 11.7 Å². The highest BCUT2D eigenvalue weighted by atomic mass is 19.1. The number of amides is 1. The lowest BCUT2D eigenvalue weighted by Crippen LogP contribution is -2.38. The van der Waals surface area contributed by atoms with Crippen molar-refractivity contribution in [2.24, 2.45) is 5.73 Å². The van der Waals surface area contributed by atoms with Crippen LogP contribution in [0.1, 0.15) is 46.2 Å². The third-order valence-electron chi connectivity index (χ3n) is 7.73. The van der Waals surface area contributed by atoms with Crippen LogP contribution in [0.25, 0.3) is 16.6 Å². The molecule has 1 aliphatic rings. The number of aryl methyl sites for hydroxylation is 1. The molecular formula is C33H33FN4O6. The van der Waals surface area contributed by atoms with Gasteiger partial charge in [-0.2, -0.15) is 0 Å². The first-order valence-corrected chi connectivity index (χ1v) is 14.4. The van der Waals surface area contributed by atoms with E-state index in [9.17, 15) is 23.6 Å². The summed E-state index contributed by atoms with van der Waals surface area (Å²) >= 11 is 0. The van der Waals surface area contributed by atoms with Gasteiger partial charge in [-0.25, -0.2) is 14.2 Å². The summed E-state index contributed by atoms with van der Waals surface area (Å²) in [5, 5.41) is 0. The Morgan fingerprint density at radius 3 is 2.43 bits per heavy atom. The number of primary amides is 1. The van der Waals surface area contributed by atoms with Crippen molar-refractivity contribution in [3.8, 4) is 17.0 Å². The molecule has 1 amide bonds. The van der Waals surface area contributed by atoms with Crippen molar-refractivity contribution in [2.75, 3.05) is 32.8 Å². The molecule has 0 spiro atoms. The summed E-state index contributed by atoms with van der Waals surface area (Å²) in [5.41, 5.74) is 9.70. The van der Waals surface area contributed by atoms with Gasteiger partial charge in [-0.3, -0.25) is 19.3 Å². The zero-order chi connectivity index (χ0) is 31.4. The topological polar surface area (TPSA) is 133 Å². The van der Waals surface area contributed by atoms with Crippen LogP contribution in [-0.2, 0) is 32.0 Å². The Labute approximate surface area is 253 Å². The summed E-state index contributed by atoms with van der Waals surface area (Å²) in [6.45, 7) is 6.35. The maximum atomic E-state index is 13.7. The molecule has 0 unspecified atom stereocenters. The molecule has 1 saturated heterocycles. The smallest absolute Gasteiger partial charge is 0.381 e. The zero-order valence-corrected chi connectivity index (χ0v) is 24.6. The highest BCUT2D eigenvalue weighted by molar-refractivity contribution is 6.44. The third-order valence-corrected chi connectivity index (χ3v) is 7.73. The second-order valence-corrected chi connectivity index (χ2v) is 10.6. The van der Waals surface area contributed by atoms with Gasteiger partial charge < -0.3 is 19.6 Å².